The first kappa shape index (κ1) is 10.9. The highest BCUT2D eigenvalue weighted by atomic mass is 16.5. The van der Waals surface area contributed by atoms with Crippen LogP contribution in [-0.4, -0.2) is 26.9 Å². The van der Waals surface area contributed by atoms with Gasteiger partial charge in [-0.05, 0) is 19.3 Å². The van der Waals surface area contributed by atoms with E-state index in [2.05, 4.69) is 6.92 Å². The third kappa shape index (κ3) is 6.32. The molecule has 0 rings (SSSR count). The molecule has 0 saturated carbocycles. The van der Waals surface area contributed by atoms with Gasteiger partial charge in [0.1, 0.15) is 0 Å². The molecule has 0 aliphatic rings. The summed E-state index contributed by atoms with van der Waals surface area (Å²) >= 11 is 0. The van der Waals surface area contributed by atoms with E-state index < -0.39 is 0 Å². The Balaban J connectivity index is 3.20. The highest BCUT2D eigenvalue weighted by Crippen LogP contribution is 2.07. The lowest BCUT2D eigenvalue weighted by molar-refractivity contribution is 0.0764. The van der Waals surface area contributed by atoms with E-state index in [1.165, 1.54) is 12.8 Å². The number of ether oxygens (including phenoxy) is 2. The van der Waals surface area contributed by atoms with Crippen molar-refractivity contribution in [2.75, 3.05) is 20.8 Å². The molecule has 2 nitrogen and oxygen atoms in total. The summed E-state index contributed by atoms with van der Waals surface area (Å²) in [5, 5.41) is 0. The molecular weight excluding hydrogens is 140 g/mol. The Hall–Kier alpha value is -0.0800. The standard InChI is InChI=1S/C9H20O2/c1-4-6-9(11-3)7-5-8-10-2/h9H,4-8H2,1-3H3. The van der Waals surface area contributed by atoms with Gasteiger partial charge in [0.2, 0.25) is 0 Å². The van der Waals surface area contributed by atoms with Gasteiger partial charge in [0.15, 0.2) is 0 Å². The molecule has 0 heterocycles. The fourth-order valence-corrected chi connectivity index (χ4v) is 1.16. The molecule has 1 unspecified atom stereocenters. The normalized spacial score (nSPS) is 13.4. The zero-order chi connectivity index (χ0) is 8.53. The van der Waals surface area contributed by atoms with Gasteiger partial charge in [0.25, 0.3) is 0 Å². The highest BCUT2D eigenvalue weighted by molar-refractivity contribution is 4.55. The molecule has 0 fully saturated rings. The van der Waals surface area contributed by atoms with Gasteiger partial charge in [-0.2, -0.15) is 0 Å². The summed E-state index contributed by atoms with van der Waals surface area (Å²) < 4.78 is 10.2. The molecular formula is C9H20O2. The van der Waals surface area contributed by atoms with Crippen LogP contribution in [0.1, 0.15) is 32.6 Å². The first-order chi connectivity index (χ1) is 5.35. The van der Waals surface area contributed by atoms with E-state index in [9.17, 15) is 0 Å². The minimum Gasteiger partial charge on any atom is -0.385 e. The molecule has 0 aliphatic carbocycles. The van der Waals surface area contributed by atoms with Crippen molar-refractivity contribution in [3.63, 3.8) is 0 Å². The first-order valence-corrected chi connectivity index (χ1v) is 4.36. The molecule has 0 aromatic rings. The lowest BCUT2D eigenvalue weighted by Crippen LogP contribution is -2.10. The Morgan fingerprint density at radius 2 is 1.91 bits per heavy atom. The van der Waals surface area contributed by atoms with Gasteiger partial charge in [0.05, 0.1) is 6.10 Å². The van der Waals surface area contributed by atoms with Gasteiger partial charge in [0, 0.05) is 20.8 Å². The van der Waals surface area contributed by atoms with Crippen molar-refractivity contribution >= 4 is 0 Å². The van der Waals surface area contributed by atoms with Crippen molar-refractivity contribution in [1.82, 2.24) is 0 Å². The maximum atomic E-state index is 5.28. The van der Waals surface area contributed by atoms with Crippen molar-refractivity contribution in [2.24, 2.45) is 0 Å². The van der Waals surface area contributed by atoms with Crippen LogP contribution in [0.5, 0.6) is 0 Å². The van der Waals surface area contributed by atoms with Gasteiger partial charge in [-0.25, -0.2) is 0 Å². The molecule has 2 heteroatoms. The van der Waals surface area contributed by atoms with Crippen LogP contribution in [0.15, 0.2) is 0 Å². The molecule has 0 radical (unpaired) electrons. The lowest BCUT2D eigenvalue weighted by atomic mass is 10.1. The van der Waals surface area contributed by atoms with Gasteiger partial charge in [-0.3, -0.25) is 0 Å². The highest BCUT2D eigenvalue weighted by Gasteiger charge is 2.04. The van der Waals surface area contributed by atoms with Crippen molar-refractivity contribution in [3.05, 3.63) is 0 Å². The van der Waals surface area contributed by atoms with Gasteiger partial charge in [-0.1, -0.05) is 13.3 Å². The second-order valence-electron chi connectivity index (χ2n) is 2.78. The van der Waals surface area contributed by atoms with E-state index in [-0.39, 0.29) is 0 Å². The quantitative estimate of drug-likeness (QED) is 0.532. The number of hydrogen-bond donors (Lipinski definition) is 0. The smallest absolute Gasteiger partial charge is 0.0572 e. The molecule has 0 N–H and O–H groups in total. The fraction of sp³-hybridized carbons (Fsp3) is 1.00. The number of methoxy groups -OCH3 is 2. The minimum atomic E-state index is 0.440. The maximum absolute atomic E-state index is 5.28. The molecule has 68 valence electrons. The minimum absolute atomic E-state index is 0.440. The molecule has 0 amide bonds. The van der Waals surface area contributed by atoms with E-state index in [4.69, 9.17) is 9.47 Å². The Labute approximate surface area is 69.9 Å². The third-order valence-electron chi connectivity index (χ3n) is 1.82. The van der Waals surface area contributed by atoms with Gasteiger partial charge < -0.3 is 9.47 Å². The SMILES string of the molecule is CCCC(CCCOC)OC. The van der Waals surface area contributed by atoms with Crippen LogP contribution in [0.4, 0.5) is 0 Å². The van der Waals surface area contributed by atoms with Crippen molar-refractivity contribution in [2.45, 2.75) is 38.7 Å². The topological polar surface area (TPSA) is 18.5 Å². The Kier molecular flexibility index (Phi) is 7.96. The van der Waals surface area contributed by atoms with Gasteiger partial charge in [-0.15, -0.1) is 0 Å². The second kappa shape index (κ2) is 8.02. The summed E-state index contributed by atoms with van der Waals surface area (Å²) in [7, 11) is 3.52. The number of rotatable bonds is 7. The Morgan fingerprint density at radius 1 is 1.18 bits per heavy atom. The van der Waals surface area contributed by atoms with Crippen molar-refractivity contribution in [1.29, 1.82) is 0 Å². The fourth-order valence-electron chi connectivity index (χ4n) is 1.16. The largest absolute Gasteiger partial charge is 0.385 e. The Morgan fingerprint density at radius 3 is 2.36 bits per heavy atom. The number of hydrogen-bond acceptors (Lipinski definition) is 2. The molecule has 0 aromatic heterocycles. The monoisotopic (exact) mass is 160 g/mol. The first-order valence-electron chi connectivity index (χ1n) is 4.36. The summed E-state index contributed by atoms with van der Waals surface area (Å²) in [5.41, 5.74) is 0. The van der Waals surface area contributed by atoms with Crippen LogP contribution in [0.2, 0.25) is 0 Å². The van der Waals surface area contributed by atoms with Crippen LogP contribution >= 0.6 is 0 Å². The molecule has 11 heavy (non-hydrogen) atoms. The Bertz CT molecular complexity index is 74.0. The maximum Gasteiger partial charge on any atom is 0.0572 e. The average Bonchev–Trinajstić information content (AvgIpc) is 2.03. The van der Waals surface area contributed by atoms with Crippen molar-refractivity contribution < 1.29 is 9.47 Å². The lowest BCUT2D eigenvalue weighted by Gasteiger charge is -2.13. The van der Waals surface area contributed by atoms with Crippen molar-refractivity contribution in [3.8, 4) is 0 Å². The summed E-state index contributed by atoms with van der Waals surface area (Å²) in [5.74, 6) is 0. The molecule has 0 bridgehead atoms. The zero-order valence-electron chi connectivity index (χ0n) is 7.93. The zero-order valence-corrected chi connectivity index (χ0v) is 7.93. The summed E-state index contributed by atoms with van der Waals surface area (Å²) in [6, 6.07) is 0. The molecule has 1 atom stereocenters. The van der Waals surface area contributed by atoms with E-state index in [0.717, 1.165) is 19.4 Å². The summed E-state index contributed by atoms with van der Waals surface area (Å²) in [4.78, 5) is 0. The summed E-state index contributed by atoms with van der Waals surface area (Å²) in [6.07, 6.45) is 5.04. The van der Waals surface area contributed by atoms with Crippen LogP contribution in [0.25, 0.3) is 0 Å². The molecule has 0 spiro atoms. The van der Waals surface area contributed by atoms with Crippen LogP contribution in [-0.2, 0) is 9.47 Å². The van der Waals surface area contributed by atoms with E-state index in [1.54, 1.807) is 14.2 Å². The molecule has 0 aromatic carbocycles. The van der Waals surface area contributed by atoms with Crippen LogP contribution in [0.3, 0.4) is 0 Å². The third-order valence-corrected chi connectivity index (χ3v) is 1.82. The predicted molar refractivity (Wildman–Crippen MR) is 46.8 cm³/mol. The van der Waals surface area contributed by atoms with E-state index in [1.807, 2.05) is 0 Å². The predicted octanol–water partition coefficient (Wildman–Crippen LogP) is 2.23. The van der Waals surface area contributed by atoms with Gasteiger partial charge >= 0.3 is 0 Å². The van der Waals surface area contributed by atoms with E-state index in [0.29, 0.717) is 6.10 Å². The molecule has 0 saturated heterocycles. The average molecular weight is 160 g/mol. The second-order valence-corrected chi connectivity index (χ2v) is 2.78. The van der Waals surface area contributed by atoms with Crippen LogP contribution in [0, 0.1) is 0 Å². The molecule has 0 aliphatic heterocycles. The van der Waals surface area contributed by atoms with E-state index >= 15 is 0 Å². The van der Waals surface area contributed by atoms with Crippen LogP contribution < -0.4 is 0 Å². The summed E-state index contributed by atoms with van der Waals surface area (Å²) in [6.45, 7) is 3.03.